The molecule has 5 heteroatoms. The van der Waals surface area contributed by atoms with Crippen molar-refractivity contribution in [3.8, 4) is 0 Å². The maximum Gasteiger partial charge on any atom is 0.237 e. The standard InChI is InChI=1S/C13H15BrN2O2/c1-9-13(18)15-6-7-16(9)8-12(17)10-4-2-3-5-11(10)14/h2-5,9H,6-8H2,1H3,(H,15,18). The third kappa shape index (κ3) is 2.79. The van der Waals surface area contributed by atoms with Crippen LogP contribution >= 0.6 is 15.9 Å². The van der Waals surface area contributed by atoms with Gasteiger partial charge in [0.1, 0.15) is 0 Å². The monoisotopic (exact) mass is 310 g/mol. The first-order valence-corrected chi connectivity index (χ1v) is 6.68. The van der Waals surface area contributed by atoms with E-state index in [-0.39, 0.29) is 24.3 Å². The molecule has 1 aliphatic rings. The summed E-state index contributed by atoms with van der Waals surface area (Å²) in [6.45, 7) is 3.41. The minimum absolute atomic E-state index is 0.0128. The molecule has 0 saturated carbocycles. The zero-order valence-electron chi connectivity index (χ0n) is 10.1. The predicted octanol–water partition coefficient (Wildman–Crippen LogP) is 1.45. The number of hydrogen-bond donors (Lipinski definition) is 1. The highest BCUT2D eigenvalue weighted by Gasteiger charge is 2.27. The molecule has 1 amide bonds. The van der Waals surface area contributed by atoms with E-state index < -0.39 is 0 Å². The van der Waals surface area contributed by atoms with Gasteiger partial charge in [-0.1, -0.05) is 34.1 Å². The van der Waals surface area contributed by atoms with Crippen LogP contribution in [-0.2, 0) is 4.79 Å². The van der Waals surface area contributed by atoms with Crippen LogP contribution in [0.4, 0.5) is 0 Å². The molecule has 0 radical (unpaired) electrons. The van der Waals surface area contributed by atoms with E-state index in [1.165, 1.54) is 0 Å². The molecule has 1 aliphatic heterocycles. The first kappa shape index (κ1) is 13.2. The molecule has 1 aromatic rings. The zero-order chi connectivity index (χ0) is 13.1. The Morgan fingerprint density at radius 2 is 2.22 bits per heavy atom. The highest BCUT2D eigenvalue weighted by molar-refractivity contribution is 9.10. The van der Waals surface area contributed by atoms with Gasteiger partial charge in [0.2, 0.25) is 5.91 Å². The van der Waals surface area contributed by atoms with E-state index >= 15 is 0 Å². The summed E-state index contributed by atoms with van der Waals surface area (Å²) in [4.78, 5) is 25.6. The van der Waals surface area contributed by atoms with Crippen LogP contribution in [0.2, 0.25) is 0 Å². The number of carbonyl (C=O) groups is 2. The van der Waals surface area contributed by atoms with Crippen molar-refractivity contribution in [2.24, 2.45) is 0 Å². The summed E-state index contributed by atoms with van der Waals surface area (Å²) in [5.41, 5.74) is 0.663. The number of amides is 1. The maximum atomic E-state index is 12.2. The molecule has 18 heavy (non-hydrogen) atoms. The first-order valence-electron chi connectivity index (χ1n) is 5.89. The lowest BCUT2D eigenvalue weighted by molar-refractivity contribution is -0.127. The Hall–Kier alpha value is -1.20. The van der Waals surface area contributed by atoms with Crippen LogP contribution in [-0.4, -0.2) is 42.3 Å². The van der Waals surface area contributed by atoms with Gasteiger partial charge in [-0.15, -0.1) is 0 Å². The van der Waals surface area contributed by atoms with Crippen molar-refractivity contribution in [2.75, 3.05) is 19.6 Å². The average molecular weight is 311 g/mol. The van der Waals surface area contributed by atoms with E-state index in [1.54, 1.807) is 6.07 Å². The van der Waals surface area contributed by atoms with Gasteiger partial charge in [-0.3, -0.25) is 14.5 Å². The molecule has 1 saturated heterocycles. The Morgan fingerprint density at radius 1 is 1.50 bits per heavy atom. The molecular formula is C13H15BrN2O2. The SMILES string of the molecule is CC1C(=O)NCCN1CC(=O)c1ccccc1Br. The summed E-state index contributed by atoms with van der Waals surface area (Å²) in [7, 11) is 0. The molecule has 1 N–H and O–H groups in total. The lowest BCUT2D eigenvalue weighted by atomic mass is 10.1. The normalized spacial score (nSPS) is 20.6. The fourth-order valence-corrected chi connectivity index (χ4v) is 2.51. The Bertz CT molecular complexity index is 476. The number of benzene rings is 1. The second-order valence-electron chi connectivity index (χ2n) is 4.34. The molecule has 0 aliphatic carbocycles. The van der Waals surface area contributed by atoms with Crippen LogP contribution in [0.5, 0.6) is 0 Å². The lowest BCUT2D eigenvalue weighted by Crippen LogP contribution is -2.55. The van der Waals surface area contributed by atoms with Gasteiger partial charge in [0, 0.05) is 23.1 Å². The summed E-state index contributed by atoms with van der Waals surface area (Å²) in [6, 6.07) is 7.10. The number of carbonyl (C=O) groups excluding carboxylic acids is 2. The number of nitrogens with one attached hydrogen (secondary N) is 1. The molecule has 2 rings (SSSR count). The Balaban J connectivity index is 2.08. The molecular weight excluding hydrogens is 296 g/mol. The second kappa shape index (κ2) is 5.63. The van der Waals surface area contributed by atoms with Crippen molar-refractivity contribution in [1.29, 1.82) is 0 Å². The van der Waals surface area contributed by atoms with Crippen LogP contribution < -0.4 is 5.32 Å². The first-order chi connectivity index (χ1) is 8.59. The van der Waals surface area contributed by atoms with Crippen LogP contribution in [0.25, 0.3) is 0 Å². The number of rotatable bonds is 3. The molecule has 0 spiro atoms. The quantitative estimate of drug-likeness (QED) is 0.860. The van der Waals surface area contributed by atoms with E-state index in [0.29, 0.717) is 18.7 Å². The summed E-state index contributed by atoms with van der Waals surface area (Å²) in [5, 5.41) is 2.78. The van der Waals surface area contributed by atoms with E-state index in [0.717, 1.165) is 4.47 Å². The Kier molecular flexibility index (Phi) is 4.14. The Labute approximate surface area is 114 Å². The predicted molar refractivity (Wildman–Crippen MR) is 72.5 cm³/mol. The number of nitrogens with zero attached hydrogens (tertiary/aromatic N) is 1. The molecule has 0 aromatic heterocycles. The molecule has 0 bridgehead atoms. The number of piperazine rings is 1. The summed E-state index contributed by atoms with van der Waals surface area (Å²) >= 11 is 3.37. The number of hydrogen-bond acceptors (Lipinski definition) is 3. The van der Waals surface area contributed by atoms with Crippen molar-refractivity contribution >= 4 is 27.6 Å². The molecule has 1 aromatic carbocycles. The topological polar surface area (TPSA) is 49.4 Å². The number of Topliss-reactive ketones (excluding diaryl/α,β-unsaturated/α-hetero) is 1. The minimum Gasteiger partial charge on any atom is -0.353 e. The maximum absolute atomic E-state index is 12.2. The fourth-order valence-electron chi connectivity index (χ4n) is 2.00. The molecule has 4 nitrogen and oxygen atoms in total. The minimum atomic E-state index is -0.245. The third-order valence-corrected chi connectivity index (χ3v) is 3.84. The molecule has 1 unspecified atom stereocenters. The molecule has 96 valence electrons. The van der Waals surface area contributed by atoms with Crippen molar-refractivity contribution in [2.45, 2.75) is 13.0 Å². The van der Waals surface area contributed by atoms with Crippen LogP contribution in [0.1, 0.15) is 17.3 Å². The van der Waals surface area contributed by atoms with Gasteiger partial charge < -0.3 is 5.32 Å². The average Bonchev–Trinajstić information content (AvgIpc) is 2.35. The highest BCUT2D eigenvalue weighted by Crippen LogP contribution is 2.17. The van der Waals surface area contributed by atoms with Crippen LogP contribution in [0.3, 0.4) is 0 Å². The van der Waals surface area contributed by atoms with Gasteiger partial charge in [0.05, 0.1) is 12.6 Å². The zero-order valence-corrected chi connectivity index (χ0v) is 11.7. The van der Waals surface area contributed by atoms with Gasteiger partial charge in [-0.05, 0) is 13.0 Å². The molecule has 1 fully saturated rings. The van der Waals surface area contributed by atoms with E-state index in [1.807, 2.05) is 30.0 Å². The van der Waals surface area contributed by atoms with Crippen molar-refractivity contribution in [1.82, 2.24) is 10.2 Å². The number of halogens is 1. The van der Waals surface area contributed by atoms with Crippen LogP contribution in [0.15, 0.2) is 28.7 Å². The highest BCUT2D eigenvalue weighted by atomic mass is 79.9. The largest absolute Gasteiger partial charge is 0.353 e. The Morgan fingerprint density at radius 3 is 2.94 bits per heavy atom. The summed E-state index contributed by atoms with van der Waals surface area (Å²) in [5.74, 6) is 0.0187. The third-order valence-electron chi connectivity index (χ3n) is 3.15. The van der Waals surface area contributed by atoms with Gasteiger partial charge in [-0.25, -0.2) is 0 Å². The van der Waals surface area contributed by atoms with Gasteiger partial charge >= 0.3 is 0 Å². The van der Waals surface area contributed by atoms with Crippen molar-refractivity contribution in [3.63, 3.8) is 0 Å². The van der Waals surface area contributed by atoms with E-state index in [9.17, 15) is 9.59 Å². The molecule has 1 atom stereocenters. The van der Waals surface area contributed by atoms with Gasteiger partial charge in [0.15, 0.2) is 5.78 Å². The smallest absolute Gasteiger partial charge is 0.237 e. The lowest BCUT2D eigenvalue weighted by Gasteiger charge is -2.32. The second-order valence-corrected chi connectivity index (χ2v) is 5.19. The molecule has 1 heterocycles. The van der Waals surface area contributed by atoms with Crippen molar-refractivity contribution in [3.05, 3.63) is 34.3 Å². The van der Waals surface area contributed by atoms with Crippen molar-refractivity contribution < 1.29 is 9.59 Å². The van der Waals surface area contributed by atoms with Crippen LogP contribution in [0, 0.1) is 0 Å². The summed E-state index contributed by atoms with van der Waals surface area (Å²) < 4.78 is 0.795. The van der Waals surface area contributed by atoms with E-state index in [4.69, 9.17) is 0 Å². The fraction of sp³-hybridized carbons (Fsp3) is 0.385. The van der Waals surface area contributed by atoms with Gasteiger partial charge in [-0.2, -0.15) is 0 Å². The summed E-state index contributed by atoms with van der Waals surface area (Å²) in [6.07, 6.45) is 0. The van der Waals surface area contributed by atoms with Gasteiger partial charge in [0.25, 0.3) is 0 Å². The number of ketones is 1. The van der Waals surface area contributed by atoms with E-state index in [2.05, 4.69) is 21.2 Å².